The molecule has 0 bridgehead atoms. The summed E-state index contributed by atoms with van der Waals surface area (Å²) in [6.07, 6.45) is 2.62. The highest BCUT2D eigenvalue weighted by Gasteiger charge is 2.31. The zero-order valence-electron chi connectivity index (χ0n) is 26.4. The number of nitrogens with one attached hydrogen (secondary N) is 1. The number of carbonyl (C=O) groups excluding carboxylic acids is 2. The van der Waals surface area contributed by atoms with E-state index in [-0.39, 0.29) is 57.4 Å². The average Bonchev–Trinajstić information content (AvgIpc) is 3.69. The third kappa shape index (κ3) is 7.86. The van der Waals surface area contributed by atoms with Crippen LogP contribution in [-0.4, -0.2) is 78.8 Å². The number of ether oxygens (including phenoxy) is 1. The van der Waals surface area contributed by atoms with Crippen LogP contribution in [0.3, 0.4) is 0 Å². The lowest BCUT2D eigenvalue weighted by Crippen LogP contribution is -2.46. The summed E-state index contributed by atoms with van der Waals surface area (Å²) >= 11 is 6.21. The fourth-order valence-corrected chi connectivity index (χ4v) is 6.09. The Morgan fingerprint density at radius 3 is 2.64 bits per heavy atom. The summed E-state index contributed by atoms with van der Waals surface area (Å²) < 4.78 is 73.6. The number of hydrogen-bond acceptors (Lipinski definition) is 7. The Labute approximate surface area is 287 Å². The molecule has 0 unspecified atom stereocenters. The summed E-state index contributed by atoms with van der Waals surface area (Å²) in [7, 11) is 1.84. The number of nitrogens with zero attached hydrogens (tertiary/aromatic N) is 7. The summed E-state index contributed by atoms with van der Waals surface area (Å²) in [4.78, 5) is 34.7. The maximum atomic E-state index is 13.4. The molecule has 3 aromatic heterocycles. The standard InChI is InChI=1S/C33H30ClF5N8O3/c1-44(17-20-4-2-5-21(14-20)33(37,38)39)23-8-12-45(13-9-23)28(48)19-46-18-26(42-31(49)25-16-41-47-11-3-10-40-30(25)47)29(43-46)24-15-22(34)6-7-27(24)50-32(35)36/h2-7,10-11,14-16,18,23,32H,8-9,12-13,17,19H2,1H3,(H,42,49). The van der Waals surface area contributed by atoms with Crippen LogP contribution < -0.4 is 10.1 Å². The first kappa shape index (κ1) is 34.8. The van der Waals surface area contributed by atoms with Crippen molar-refractivity contribution in [2.24, 2.45) is 0 Å². The van der Waals surface area contributed by atoms with Gasteiger partial charge in [0, 0.05) is 54.9 Å². The van der Waals surface area contributed by atoms with Gasteiger partial charge in [0.25, 0.3) is 5.91 Å². The molecule has 262 valence electrons. The van der Waals surface area contributed by atoms with Gasteiger partial charge in [0.2, 0.25) is 5.91 Å². The number of carbonyl (C=O) groups is 2. The Kier molecular flexibility index (Phi) is 10.0. The maximum Gasteiger partial charge on any atom is 0.416 e. The summed E-state index contributed by atoms with van der Waals surface area (Å²) in [6.45, 7) is -2.28. The van der Waals surface area contributed by atoms with Gasteiger partial charge in [-0.1, -0.05) is 29.8 Å². The number of rotatable bonds is 10. The highest BCUT2D eigenvalue weighted by Crippen LogP contribution is 2.37. The van der Waals surface area contributed by atoms with Crippen LogP contribution in [0, 0.1) is 0 Å². The lowest BCUT2D eigenvalue weighted by Gasteiger charge is -2.37. The maximum absolute atomic E-state index is 13.4. The van der Waals surface area contributed by atoms with Crippen LogP contribution >= 0.6 is 11.6 Å². The minimum absolute atomic E-state index is 0.0312. The quantitative estimate of drug-likeness (QED) is 0.171. The Hall–Kier alpha value is -5.09. The first-order valence-corrected chi connectivity index (χ1v) is 15.8. The number of alkyl halides is 5. The first-order chi connectivity index (χ1) is 23.9. The summed E-state index contributed by atoms with van der Waals surface area (Å²) in [5, 5.41) is 11.5. The summed E-state index contributed by atoms with van der Waals surface area (Å²) in [5.74, 6) is -1.14. The van der Waals surface area contributed by atoms with Gasteiger partial charge in [-0.05, 0) is 55.8 Å². The second kappa shape index (κ2) is 14.4. The van der Waals surface area contributed by atoms with Crippen molar-refractivity contribution in [2.75, 3.05) is 25.5 Å². The molecule has 50 heavy (non-hydrogen) atoms. The van der Waals surface area contributed by atoms with E-state index in [0.29, 0.717) is 38.0 Å². The first-order valence-electron chi connectivity index (χ1n) is 15.4. The topological polar surface area (TPSA) is 110 Å². The number of piperidine rings is 1. The van der Waals surface area contributed by atoms with Crippen LogP contribution in [0.1, 0.15) is 34.3 Å². The number of hydrogen-bond donors (Lipinski definition) is 1. The van der Waals surface area contributed by atoms with Crippen molar-refractivity contribution < 1.29 is 36.3 Å². The van der Waals surface area contributed by atoms with E-state index >= 15 is 0 Å². The van der Waals surface area contributed by atoms with Gasteiger partial charge in [-0.25, -0.2) is 9.50 Å². The fraction of sp³-hybridized carbons (Fsp3) is 0.303. The molecule has 1 aliphatic rings. The highest BCUT2D eigenvalue weighted by molar-refractivity contribution is 6.31. The Balaban J connectivity index is 1.18. The van der Waals surface area contributed by atoms with Crippen molar-refractivity contribution >= 4 is 34.7 Å². The molecule has 1 aliphatic heterocycles. The number of benzene rings is 2. The molecule has 2 aromatic carbocycles. The Morgan fingerprint density at radius 1 is 1.12 bits per heavy atom. The molecule has 0 atom stereocenters. The molecule has 1 N–H and O–H groups in total. The van der Waals surface area contributed by atoms with Gasteiger partial charge in [-0.15, -0.1) is 0 Å². The van der Waals surface area contributed by atoms with Crippen LogP contribution in [-0.2, 0) is 24.1 Å². The fourth-order valence-electron chi connectivity index (χ4n) is 5.91. The Morgan fingerprint density at radius 2 is 1.90 bits per heavy atom. The molecule has 4 heterocycles. The molecule has 5 aromatic rings. The molecular weight excluding hydrogens is 687 g/mol. The molecule has 1 fully saturated rings. The van der Waals surface area contributed by atoms with E-state index in [1.54, 1.807) is 23.2 Å². The number of fused-ring (bicyclic) bond motifs is 1. The van der Waals surface area contributed by atoms with Gasteiger partial charge in [-0.3, -0.25) is 19.2 Å². The molecule has 17 heteroatoms. The molecule has 0 saturated carbocycles. The van der Waals surface area contributed by atoms with Crippen molar-refractivity contribution in [3.63, 3.8) is 0 Å². The normalized spacial score (nSPS) is 14.1. The van der Waals surface area contributed by atoms with Crippen molar-refractivity contribution in [2.45, 2.75) is 44.8 Å². The van der Waals surface area contributed by atoms with E-state index in [1.165, 1.54) is 52.1 Å². The molecule has 0 radical (unpaired) electrons. The minimum atomic E-state index is -4.43. The summed E-state index contributed by atoms with van der Waals surface area (Å²) in [5.41, 5.74) is 0.436. The molecule has 1 saturated heterocycles. The highest BCUT2D eigenvalue weighted by atomic mass is 35.5. The number of amides is 2. The van der Waals surface area contributed by atoms with Crippen molar-refractivity contribution in [1.29, 1.82) is 0 Å². The molecule has 11 nitrogen and oxygen atoms in total. The third-order valence-electron chi connectivity index (χ3n) is 8.37. The van der Waals surface area contributed by atoms with E-state index in [9.17, 15) is 31.5 Å². The second-order valence-electron chi connectivity index (χ2n) is 11.7. The van der Waals surface area contributed by atoms with E-state index in [2.05, 4.69) is 20.5 Å². The zero-order valence-corrected chi connectivity index (χ0v) is 27.2. The summed E-state index contributed by atoms with van der Waals surface area (Å²) in [6, 6.07) is 10.9. The predicted octanol–water partition coefficient (Wildman–Crippen LogP) is 6.24. The third-order valence-corrected chi connectivity index (χ3v) is 8.61. The van der Waals surface area contributed by atoms with E-state index in [1.807, 2.05) is 11.9 Å². The Bertz CT molecular complexity index is 2010. The lowest BCUT2D eigenvalue weighted by atomic mass is 10.0. The second-order valence-corrected chi connectivity index (χ2v) is 12.2. The van der Waals surface area contributed by atoms with Gasteiger partial charge in [-0.2, -0.15) is 32.1 Å². The van der Waals surface area contributed by atoms with Crippen molar-refractivity contribution in [3.8, 4) is 17.0 Å². The largest absolute Gasteiger partial charge is 0.434 e. The van der Waals surface area contributed by atoms with Crippen molar-refractivity contribution in [3.05, 3.63) is 95.0 Å². The number of likely N-dealkylation sites (tertiary alicyclic amines) is 1. The number of aromatic nitrogens is 5. The van der Waals surface area contributed by atoms with Gasteiger partial charge >= 0.3 is 12.8 Å². The van der Waals surface area contributed by atoms with Gasteiger partial charge in [0.15, 0.2) is 5.65 Å². The smallest absolute Gasteiger partial charge is 0.416 e. The van der Waals surface area contributed by atoms with Gasteiger partial charge in [0.05, 0.1) is 17.4 Å². The van der Waals surface area contributed by atoms with Crippen LogP contribution in [0.25, 0.3) is 16.9 Å². The monoisotopic (exact) mass is 716 g/mol. The molecule has 0 aliphatic carbocycles. The lowest BCUT2D eigenvalue weighted by molar-refractivity contribution is -0.137. The molecular formula is C33H30ClF5N8O3. The average molecular weight is 717 g/mol. The van der Waals surface area contributed by atoms with Gasteiger partial charge in [0.1, 0.15) is 23.6 Å². The van der Waals surface area contributed by atoms with Crippen LogP contribution in [0.5, 0.6) is 5.75 Å². The number of anilines is 1. The molecule has 0 spiro atoms. The zero-order chi connectivity index (χ0) is 35.6. The molecule has 2 amide bonds. The van der Waals surface area contributed by atoms with Crippen LogP contribution in [0.2, 0.25) is 5.02 Å². The number of halogens is 6. The van der Waals surface area contributed by atoms with E-state index < -0.39 is 24.3 Å². The van der Waals surface area contributed by atoms with E-state index in [4.69, 9.17) is 16.3 Å². The predicted molar refractivity (Wildman–Crippen MR) is 173 cm³/mol. The van der Waals surface area contributed by atoms with Gasteiger partial charge < -0.3 is 15.0 Å². The minimum Gasteiger partial charge on any atom is -0.434 e. The SMILES string of the molecule is CN(Cc1cccc(C(F)(F)F)c1)C1CCN(C(=O)Cn2cc(NC(=O)c3cnn4cccnc34)c(-c3cc(Cl)ccc3OC(F)F)n2)CC1. The van der Waals surface area contributed by atoms with Crippen LogP contribution in [0.15, 0.2) is 73.3 Å². The van der Waals surface area contributed by atoms with Crippen LogP contribution in [0.4, 0.5) is 27.6 Å². The van der Waals surface area contributed by atoms with Crippen molar-refractivity contribution in [1.82, 2.24) is 34.2 Å². The molecule has 6 rings (SSSR count). The van der Waals surface area contributed by atoms with E-state index in [0.717, 1.165) is 12.1 Å².